The molecule has 0 aliphatic rings. The van der Waals surface area contributed by atoms with Gasteiger partial charge in [-0.15, -0.1) is 0 Å². The van der Waals surface area contributed by atoms with Crippen LogP contribution in [0.5, 0.6) is 11.5 Å². The van der Waals surface area contributed by atoms with Gasteiger partial charge in [0.05, 0.1) is 0 Å². The Balaban J connectivity index is 0.000000226. The molecule has 67 heavy (non-hydrogen) atoms. The monoisotopic (exact) mass is 946 g/mol. The van der Waals surface area contributed by atoms with Crippen molar-refractivity contribution >= 4 is 0 Å². The van der Waals surface area contributed by atoms with Gasteiger partial charge in [-0.25, -0.2) is 43.9 Å². The molecule has 0 aromatic heterocycles. The lowest BCUT2D eigenvalue weighted by molar-refractivity contribution is -0.190. The van der Waals surface area contributed by atoms with E-state index < -0.39 is 98.6 Å². The van der Waals surface area contributed by atoms with E-state index in [4.69, 9.17) is 0 Å². The Hall–Kier alpha value is -6.84. The van der Waals surface area contributed by atoms with Gasteiger partial charge in [-0.3, -0.25) is 0 Å². The quantitative estimate of drug-likeness (QED) is 0.0847. The van der Waals surface area contributed by atoms with Crippen molar-refractivity contribution in [2.24, 2.45) is 0 Å². The van der Waals surface area contributed by atoms with Crippen LogP contribution in [0.3, 0.4) is 0 Å². The molecule has 16 heteroatoms. The van der Waals surface area contributed by atoms with Crippen LogP contribution >= 0.6 is 0 Å². The van der Waals surface area contributed by atoms with E-state index in [1.54, 1.807) is 30.3 Å². The SMILES string of the molecule is CCCc1ccc(-c2cc(F)c(C(F)(F)Oc3cc(F)c(F)c(F)c3)c(F)c2)cc1.CCCc1ccc(-c2ccc(-c3cc(F)c(C(F)(F)Oc4cc(F)c(C)c(F)c4)c(F)c3)c(F)c2)cc1. The van der Waals surface area contributed by atoms with E-state index in [1.807, 2.05) is 31.2 Å². The molecule has 0 spiro atoms. The molecule has 7 aromatic carbocycles. The van der Waals surface area contributed by atoms with Gasteiger partial charge in [-0.2, -0.15) is 17.6 Å². The van der Waals surface area contributed by atoms with E-state index in [0.717, 1.165) is 49.3 Å². The molecule has 7 aromatic rings. The fourth-order valence-corrected chi connectivity index (χ4v) is 6.93. The van der Waals surface area contributed by atoms with E-state index in [9.17, 15) is 61.5 Å². The molecule has 0 amide bonds. The molecule has 0 N–H and O–H groups in total. The average molecular weight is 947 g/mol. The third kappa shape index (κ3) is 11.4. The zero-order valence-electron chi connectivity index (χ0n) is 35.4. The predicted molar refractivity (Wildman–Crippen MR) is 223 cm³/mol. The Kier molecular flexibility index (Phi) is 15.1. The highest BCUT2D eigenvalue weighted by molar-refractivity contribution is 5.72. The van der Waals surface area contributed by atoms with Gasteiger partial charge in [0, 0.05) is 35.4 Å². The van der Waals surface area contributed by atoms with Crippen LogP contribution in [0.25, 0.3) is 33.4 Å². The smallest absolute Gasteiger partial charge is 0.429 e. The number of alkyl halides is 4. The van der Waals surface area contributed by atoms with Gasteiger partial charge in [-0.1, -0.05) is 87.4 Å². The fraction of sp³-hybridized carbons (Fsp3) is 0.176. The first kappa shape index (κ1) is 49.6. The molecular weight excluding hydrogens is 911 g/mol. The van der Waals surface area contributed by atoms with Crippen LogP contribution in [-0.4, -0.2) is 0 Å². The molecule has 0 saturated carbocycles. The number of aryl methyl sites for hydroxylation is 2. The third-order valence-electron chi connectivity index (χ3n) is 10.3. The minimum Gasteiger partial charge on any atom is -0.429 e. The molecule has 0 atom stereocenters. The lowest BCUT2D eigenvalue weighted by atomic mass is 9.97. The summed E-state index contributed by atoms with van der Waals surface area (Å²) in [5.41, 5.74) is -0.632. The average Bonchev–Trinajstić information content (AvgIpc) is 3.24. The van der Waals surface area contributed by atoms with Gasteiger partial charge in [0.1, 0.15) is 63.3 Å². The number of hydrogen-bond donors (Lipinski definition) is 0. The number of ether oxygens (including phenoxy) is 2. The van der Waals surface area contributed by atoms with Crippen LogP contribution in [0, 0.1) is 65.1 Å². The summed E-state index contributed by atoms with van der Waals surface area (Å²) in [5, 5.41) is 0. The summed E-state index contributed by atoms with van der Waals surface area (Å²) in [4.78, 5) is 0. The summed E-state index contributed by atoms with van der Waals surface area (Å²) < 4.78 is 206. The Morgan fingerprint density at radius 2 is 0.716 bits per heavy atom. The molecule has 0 heterocycles. The maximum atomic E-state index is 14.9. The van der Waals surface area contributed by atoms with Gasteiger partial charge in [-0.05, 0) is 89.0 Å². The highest BCUT2D eigenvalue weighted by atomic mass is 19.3. The lowest BCUT2D eigenvalue weighted by Gasteiger charge is -2.20. The van der Waals surface area contributed by atoms with Crippen molar-refractivity contribution in [1.82, 2.24) is 0 Å². The van der Waals surface area contributed by atoms with Crippen molar-refractivity contribution in [2.75, 3.05) is 0 Å². The Bertz CT molecular complexity index is 2810. The number of benzene rings is 7. The summed E-state index contributed by atoms with van der Waals surface area (Å²) in [6, 6.07) is 22.0. The Labute approximate surface area is 375 Å². The second-order valence-corrected chi connectivity index (χ2v) is 15.2. The Morgan fingerprint density at radius 3 is 1.10 bits per heavy atom. The fourth-order valence-electron chi connectivity index (χ4n) is 6.93. The van der Waals surface area contributed by atoms with Crippen LogP contribution in [-0.2, 0) is 25.1 Å². The topological polar surface area (TPSA) is 18.5 Å². The molecule has 7 rings (SSSR count). The van der Waals surface area contributed by atoms with Gasteiger partial charge in [0.15, 0.2) is 17.5 Å². The first-order chi connectivity index (χ1) is 31.6. The summed E-state index contributed by atoms with van der Waals surface area (Å²) >= 11 is 0. The summed E-state index contributed by atoms with van der Waals surface area (Å²) in [5.74, 6) is -17.4. The zero-order valence-corrected chi connectivity index (χ0v) is 35.4. The van der Waals surface area contributed by atoms with E-state index in [-0.39, 0.29) is 28.8 Å². The van der Waals surface area contributed by atoms with Gasteiger partial charge in [0.2, 0.25) is 0 Å². The largest absolute Gasteiger partial charge is 0.432 e. The minimum atomic E-state index is -4.62. The lowest BCUT2D eigenvalue weighted by Crippen LogP contribution is -2.25. The standard InChI is InChI=1S/C29H21F7O.C22H15F7O/c1-3-4-17-5-7-18(8-6-17)19-9-10-22(25(32)11-19)20-12-26(33)28(27(34)13-20)29(35,36)37-21-14-23(30)16(2)24(31)15-21;1-2-3-12-4-6-13(7-5-12)14-8-16(23)20(17(24)9-14)22(28,29)30-15-10-18(25)21(27)19(26)11-15/h5-15H,3-4H2,1-2H3;4-11H,2-3H2,1H3. The molecule has 0 bridgehead atoms. The second kappa shape index (κ2) is 20.4. The molecule has 0 unspecified atom stereocenters. The number of halogens is 14. The number of rotatable bonds is 13. The van der Waals surface area contributed by atoms with E-state index in [1.165, 1.54) is 12.1 Å². The summed E-state index contributed by atoms with van der Waals surface area (Å²) in [6.45, 7) is 5.13. The van der Waals surface area contributed by atoms with Gasteiger partial charge < -0.3 is 9.47 Å². The maximum absolute atomic E-state index is 14.9. The van der Waals surface area contributed by atoms with E-state index >= 15 is 0 Å². The first-order valence-corrected chi connectivity index (χ1v) is 20.3. The highest BCUT2D eigenvalue weighted by Crippen LogP contribution is 2.40. The van der Waals surface area contributed by atoms with E-state index in [0.29, 0.717) is 47.5 Å². The van der Waals surface area contributed by atoms with Gasteiger partial charge >= 0.3 is 12.2 Å². The maximum Gasteiger partial charge on any atom is 0.432 e. The first-order valence-electron chi connectivity index (χ1n) is 20.3. The van der Waals surface area contributed by atoms with Crippen molar-refractivity contribution in [3.05, 3.63) is 201 Å². The molecular formula is C51H36F14O2. The Morgan fingerprint density at radius 1 is 0.373 bits per heavy atom. The molecule has 2 nitrogen and oxygen atoms in total. The van der Waals surface area contributed by atoms with Crippen LogP contribution in [0.1, 0.15) is 54.5 Å². The predicted octanol–water partition coefficient (Wildman–Crippen LogP) is 16.2. The summed E-state index contributed by atoms with van der Waals surface area (Å²) in [7, 11) is 0. The van der Waals surface area contributed by atoms with Crippen LogP contribution in [0.15, 0.2) is 115 Å². The van der Waals surface area contributed by atoms with Crippen molar-refractivity contribution in [2.45, 2.75) is 58.7 Å². The van der Waals surface area contributed by atoms with Crippen LogP contribution in [0.4, 0.5) is 61.5 Å². The van der Waals surface area contributed by atoms with Gasteiger partial charge in [0.25, 0.3) is 0 Å². The van der Waals surface area contributed by atoms with Crippen molar-refractivity contribution in [1.29, 1.82) is 0 Å². The van der Waals surface area contributed by atoms with Crippen molar-refractivity contribution in [3.63, 3.8) is 0 Å². The third-order valence-corrected chi connectivity index (χ3v) is 10.3. The highest BCUT2D eigenvalue weighted by Gasteiger charge is 2.43. The molecule has 0 fully saturated rings. The molecule has 0 radical (unpaired) electrons. The number of hydrogen-bond acceptors (Lipinski definition) is 2. The zero-order chi connectivity index (χ0) is 49.0. The molecule has 0 saturated heterocycles. The molecule has 0 aliphatic heterocycles. The van der Waals surface area contributed by atoms with Crippen molar-refractivity contribution < 1.29 is 70.9 Å². The van der Waals surface area contributed by atoms with E-state index in [2.05, 4.69) is 16.4 Å². The summed E-state index contributed by atoms with van der Waals surface area (Å²) in [6.07, 6.45) is -5.62. The van der Waals surface area contributed by atoms with Crippen LogP contribution < -0.4 is 9.47 Å². The van der Waals surface area contributed by atoms with Crippen LogP contribution in [0.2, 0.25) is 0 Å². The molecule has 0 aliphatic carbocycles. The second-order valence-electron chi connectivity index (χ2n) is 15.2. The normalized spacial score (nSPS) is 11.6. The van der Waals surface area contributed by atoms with Crippen molar-refractivity contribution in [3.8, 4) is 44.9 Å². The molecule has 350 valence electrons. The minimum absolute atomic E-state index is 0.0199.